The largest absolute Gasteiger partial charge is 1.00 e. The first-order chi connectivity index (χ1) is 12.9. The minimum atomic E-state index is -0.186. The number of halogens is 1. The van der Waals surface area contributed by atoms with Crippen LogP contribution in [0.1, 0.15) is 127 Å². The molecule has 0 fully saturated rings. The first-order valence-electron chi connectivity index (χ1n) is 11.2. The van der Waals surface area contributed by atoms with Crippen molar-refractivity contribution < 1.29 is 31.2 Å². The third kappa shape index (κ3) is 31.4. The van der Waals surface area contributed by atoms with Gasteiger partial charge in [0, 0.05) is 6.42 Å². The van der Waals surface area contributed by atoms with Gasteiger partial charge in [-0.2, -0.15) is 0 Å². The SMILES string of the molecule is C.C.C.C.CCCCCCCCCCCCCCOC(=O)C[N+](C)(C)CNC(=O)CC.[Cl-]. The van der Waals surface area contributed by atoms with Gasteiger partial charge in [0.2, 0.25) is 5.91 Å². The van der Waals surface area contributed by atoms with Crippen molar-refractivity contribution in [3.05, 3.63) is 0 Å². The molecule has 0 aliphatic rings. The molecule has 0 unspecified atom stereocenters. The van der Waals surface area contributed by atoms with E-state index < -0.39 is 0 Å². The highest BCUT2D eigenvalue weighted by Gasteiger charge is 2.21. The van der Waals surface area contributed by atoms with E-state index in [1.807, 2.05) is 21.0 Å². The lowest BCUT2D eigenvalue weighted by Gasteiger charge is -2.28. The van der Waals surface area contributed by atoms with Gasteiger partial charge in [-0.15, -0.1) is 0 Å². The fraction of sp³-hybridized carbons (Fsp3) is 0.923. The number of carbonyl (C=O) groups excluding carboxylic acids is 2. The predicted octanol–water partition coefficient (Wildman–Crippen LogP) is 4.34. The second kappa shape index (κ2) is 30.2. The van der Waals surface area contributed by atoms with E-state index >= 15 is 0 Å². The molecule has 0 aromatic carbocycles. The number of carbonyl (C=O) groups is 2. The summed E-state index contributed by atoms with van der Waals surface area (Å²) in [4.78, 5) is 23.2. The molecule has 0 aromatic heterocycles. The van der Waals surface area contributed by atoms with Gasteiger partial charge >= 0.3 is 5.97 Å². The Morgan fingerprint density at radius 2 is 1.12 bits per heavy atom. The second-order valence-electron chi connectivity index (χ2n) is 8.32. The van der Waals surface area contributed by atoms with Gasteiger partial charge in [0.05, 0.1) is 20.7 Å². The third-order valence-electron chi connectivity index (χ3n) is 4.84. The standard InChI is InChI=1S/C22H44N2O3.4CH4.ClH/c1-5-7-8-9-10-11-12-13-14-15-16-17-18-27-22(26)19-24(3,4)20-23-21(25)6-2;;;;;/h5-20H2,1-4H3;4*1H4;1H. The summed E-state index contributed by atoms with van der Waals surface area (Å²) in [6.07, 6.45) is 16.1. The van der Waals surface area contributed by atoms with Crippen molar-refractivity contribution >= 4 is 11.9 Å². The van der Waals surface area contributed by atoms with Gasteiger partial charge in [0.1, 0.15) is 0 Å². The number of nitrogens with zero attached hydrogens (tertiary/aromatic N) is 1. The molecule has 0 bridgehead atoms. The van der Waals surface area contributed by atoms with Crippen LogP contribution in [0.3, 0.4) is 0 Å². The Kier molecular flexibility index (Phi) is 42.3. The number of ether oxygens (including phenoxy) is 1. The van der Waals surface area contributed by atoms with E-state index in [2.05, 4.69) is 12.2 Å². The van der Waals surface area contributed by atoms with Crippen molar-refractivity contribution in [2.45, 2.75) is 127 Å². The highest BCUT2D eigenvalue weighted by atomic mass is 35.5. The van der Waals surface area contributed by atoms with Crippen molar-refractivity contribution in [2.24, 2.45) is 0 Å². The number of amides is 1. The monoisotopic (exact) mass is 484 g/mol. The van der Waals surface area contributed by atoms with Crippen LogP contribution < -0.4 is 17.7 Å². The number of quaternary nitrogens is 1. The summed E-state index contributed by atoms with van der Waals surface area (Å²) < 4.78 is 5.74. The molecule has 0 spiro atoms. The Morgan fingerprint density at radius 3 is 1.53 bits per heavy atom. The first kappa shape index (κ1) is 44.8. The van der Waals surface area contributed by atoms with Crippen molar-refractivity contribution in [1.82, 2.24) is 5.32 Å². The molecule has 5 nitrogen and oxygen atoms in total. The van der Waals surface area contributed by atoms with Crippen molar-refractivity contribution in [2.75, 3.05) is 33.9 Å². The van der Waals surface area contributed by atoms with Crippen LogP contribution in [0.25, 0.3) is 0 Å². The summed E-state index contributed by atoms with van der Waals surface area (Å²) in [6.45, 7) is 5.31. The van der Waals surface area contributed by atoms with Gasteiger partial charge in [-0.25, -0.2) is 4.79 Å². The molecular weight excluding hydrogens is 424 g/mol. The number of likely N-dealkylation sites (N-methyl/N-ethyl adjacent to an activating group) is 1. The molecular formula is C26H61ClN2O3. The normalized spacial score (nSPS) is 9.62. The molecule has 0 atom stereocenters. The molecule has 200 valence electrons. The van der Waals surface area contributed by atoms with E-state index in [4.69, 9.17) is 4.74 Å². The summed E-state index contributed by atoms with van der Waals surface area (Å²) in [5.74, 6) is -0.181. The minimum absolute atomic E-state index is 0. The Balaban J connectivity index is -0.000000338. The Morgan fingerprint density at radius 1 is 0.719 bits per heavy atom. The highest BCUT2D eigenvalue weighted by molar-refractivity contribution is 5.75. The van der Waals surface area contributed by atoms with E-state index in [0.717, 1.165) is 12.8 Å². The lowest BCUT2D eigenvalue weighted by atomic mass is 10.1. The summed E-state index contributed by atoms with van der Waals surface area (Å²) in [7, 11) is 3.84. The smallest absolute Gasteiger partial charge is 0.361 e. The van der Waals surface area contributed by atoms with Gasteiger partial charge in [-0.1, -0.05) is 114 Å². The highest BCUT2D eigenvalue weighted by Crippen LogP contribution is 2.12. The fourth-order valence-electron chi connectivity index (χ4n) is 3.01. The minimum Gasteiger partial charge on any atom is -1.00 e. The van der Waals surface area contributed by atoms with Crippen molar-refractivity contribution in [3.8, 4) is 0 Å². The van der Waals surface area contributed by atoms with Gasteiger partial charge in [-0.05, 0) is 6.42 Å². The van der Waals surface area contributed by atoms with E-state index in [0.29, 0.717) is 24.2 Å². The summed E-state index contributed by atoms with van der Waals surface area (Å²) in [6, 6.07) is 0. The molecule has 6 heteroatoms. The van der Waals surface area contributed by atoms with E-state index in [1.165, 1.54) is 64.2 Å². The van der Waals surface area contributed by atoms with E-state index in [-0.39, 0.29) is 60.5 Å². The number of hydrogen-bond donors (Lipinski definition) is 1. The van der Waals surface area contributed by atoms with E-state index in [1.54, 1.807) is 0 Å². The maximum Gasteiger partial charge on any atom is 0.361 e. The zero-order valence-corrected chi connectivity index (χ0v) is 19.6. The zero-order chi connectivity index (χ0) is 20.4. The Bertz CT molecular complexity index is 391. The number of hydrogen-bond acceptors (Lipinski definition) is 3. The number of unbranched alkanes of at least 4 members (excludes halogenated alkanes) is 11. The molecule has 0 heterocycles. The van der Waals surface area contributed by atoms with Crippen LogP contribution in [0.2, 0.25) is 0 Å². The molecule has 0 rings (SSSR count). The molecule has 0 saturated carbocycles. The first-order valence-corrected chi connectivity index (χ1v) is 11.2. The Labute approximate surface area is 209 Å². The molecule has 32 heavy (non-hydrogen) atoms. The maximum absolute atomic E-state index is 11.9. The molecule has 0 saturated heterocycles. The summed E-state index contributed by atoms with van der Waals surface area (Å²) in [5, 5.41) is 2.82. The van der Waals surface area contributed by atoms with Crippen LogP contribution >= 0.6 is 0 Å². The average molecular weight is 485 g/mol. The lowest BCUT2D eigenvalue weighted by Crippen LogP contribution is -3.00. The van der Waals surface area contributed by atoms with Crippen LogP contribution in [0, 0.1) is 0 Å². The number of esters is 1. The van der Waals surface area contributed by atoms with Crippen LogP contribution in [0.4, 0.5) is 0 Å². The number of rotatable bonds is 18. The van der Waals surface area contributed by atoms with Crippen LogP contribution in [-0.4, -0.2) is 50.3 Å². The maximum atomic E-state index is 11.9. The van der Waals surface area contributed by atoms with Crippen LogP contribution in [0.15, 0.2) is 0 Å². The Hall–Kier alpha value is -0.810. The van der Waals surface area contributed by atoms with Crippen LogP contribution in [-0.2, 0) is 14.3 Å². The van der Waals surface area contributed by atoms with Gasteiger partial charge in [0.15, 0.2) is 13.2 Å². The molecule has 1 amide bonds. The zero-order valence-electron chi connectivity index (χ0n) is 18.9. The van der Waals surface area contributed by atoms with Crippen molar-refractivity contribution in [1.29, 1.82) is 0 Å². The molecule has 0 aliphatic carbocycles. The molecule has 0 aliphatic heterocycles. The topological polar surface area (TPSA) is 55.4 Å². The third-order valence-corrected chi connectivity index (χ3v) is 4.84. The molecule has 1 N–H and O–H groups in total. The lowest BCUT2D eigenvalue weighted by molar-refractivity contribution is -0.884. The van der Waals surface area contributed by atoms with Gasteiger partial charge in [0.25, 0.3) is 0 Å². The van der Waals surface area contributed by atoms with Gasteiger partial charge in [-0.3, -0.25) is 4.79 Å². The van der Waals surface area contributed by atoms with Crippen molar-refractivity contribution in [3.63, 3.8) is 0 Å². The van der Waals surface area contributed by atoms with E-state index in [9.17, 15) is 9.59 Å². The van der Waals surface area contributed by atoms with Crippen LogP contribution in [0.5, 0.6) is 0 Å². The molecule has 0 aromatic rings. The second-order valence-corrected chi connectivity index (χ2v) is 8.32. The quantitative estimate of drug-likeness (QED) is 0.136. The average Bonchev–Trinajstić information content (AvgIpc) is 2.63. The van der Waals surface area contributed by atoms with Gasteiger partial charge < -0.3 is 26.9 Å². The summed E-state index contributed by atoms with van der Waals surface area (Å²) >= 11 is 0. The number of nitrogens with one attached hydrogen (secondary N) is 1. The fourth-order valence-corrected chi connectivity index (χ4v) is 3.01. The predicted molar refractivity (Wildman–Crippen MR) is 139 cm³/mol. The summed E-state index contributed by atoms with van der Waals surface area (Å²) in [5.41, 5.74) is 0. The molecule has 0 radical (unpaired) electrons.